The second-order valence-corrected chi connectivity index (χ2v) is 4.84. The summed E-state index contributed by atoms with van der Waals surface area (Å²) in [7, 11) is 0. The minimum absolute atomic E-state index is 0.0559. The van der Waals surface area contributed by atoms with Gasteiger partial charge in [0, 0.05) is 6.42 Å². The third-order valence-electron chi connectivity index (χ3n) is 3.23. The lowest BCUT2D eigenvalue weighted by molar-refractivity contribution is -0.116. The Bertz CT molecular complexity index is 387. The summed E-state index contributed by atoms with van der Waals surface area (Å²) in [5.41, 5.74) is 6.05. The number of benzene rings is 1. The van der Waals surface area contributed by atoms with Gasteiger partial charge in [-0.15, -0.1) is 0 Å². The Morgan fingerprint density at radius 3 is 2.68 bits per heavy atom. The third-order valence-corrected chi connectivity index (χ3v) is 3.23. The normalized spacial score (nSPS) is 12.1. The molecule has 1 atom stereocenters. The monoisotopic (exact) mass is 264 g/mol. The van der Waals surface area contributed by atoms with Crippen LogP contribution in [-0.2, 0) is 4.79 Å². The van der Waals surface area contributed by atoms with Gasteiger partial charge in [-0.1, -0.05) is 31.9 Å². The number of rotatable bonds is 8. The van der Waals surface area contributed by atoms with Gasteiger partial charge in [-0.3, -0.25) is 4.79 Å². The SMILES string of the molecule is CCCC(CCN)CCC(=O)Nc1ccccc1O. The van der Waals surface area contributed by atoms with Gasteiger partial charge in [0.1, 0.15) is 5.75 Å². The molecule has 1 rings (SSSR count). The molecular weight excluding hydrogens is 240 g/mol. The van der Waals surface area contributed by atoms with E-state index in [1.165, 1.54) is 0 Å². The first-order valence-corrected chi connectivity index (χ1v) is 6.95. The number of nitrogens with one attached hydrogen (secondary N) is 1. The van der Waals surface area contributed by atoms with E-state index >= 15 is 0 Å². The minimum atomic E-state index is -0.0559. The largest absolute Gasteiger partial charge is 0.506 e. The van der Waals surface area contributed by atoms with Gasteiger partial charge in [0.25, 0.3) is 0 Å². The van der Waals surface area contributed by atoms with E-state index < -0.39 is 0 Å². The number of hydrogen-bond donors (Lipinski definition) is 3. The van der Waals surface area contributed by atoms with Crippen LogP contribution in [0.1, 0.15) is 39.0 Å². The molecule has 19 heavy (non-hydrogen) atoms. The fourth-order valence-electron chi connectivity index (χ4n) is 2.20. The van der Waals surface area contributed by atoms with Crippen molar-refractivity contribution in [2.24, 2.45) is 11.7 Å². The van der Waals surface area contributed by atoms with Crippen molar-refractivity contribution in [3.8, 4) is 5.75 Å². The fourth-order valence-corrected chi connectivity index (χ4v) is 2.20. The Morgan fingerprint density at radius 1 is 1.32 bits per heavy atom. The Hall–Kier alpha value is -1.55. The van der Waals surface area contributed by atoms with Crippen LogP contribution in [-0.4, -0.2) is 17.6 Å². The maximum Gasteiger partial charge on any atom is 0.224 e. The molecule has 1 unspecified atom stereocenters. The van der Waals surface area contributed by atoms with Crippen molar-refractivity contribution in [1.82, 2.24) is 0 Å². The minimum Gasteiger partial charge on any atom is -0.506 e. The standard InChI is InChI=1S/C15H24N2O2/c1-2-5-12(10-11-16)8-9-15(19)17-13-6-3-4-7-14(13)18/h3-4,6-7,12,18H,2,5,8-11,16H2,1H3,(H,17,19). The molecule has 0 aliphatic heterocycles. The van der Waals surface area contributed by atoms with Crippen LogP contribution >= 0.6 is 0 Å². The van der Waals surface area contributed by atoms with E-state index in [4.69, 9.17) is 5.73 Å². The number of nitrogens with two attached hydrogens (primary N) is 1. The van der Waals surface area contributed by atoms with Gasteiger partial charge in [0.05, 0.1) is 5.69 Å². The van der Waals surface area contributed by atoms with Gasteiger partial charge in [-0.2, -0.15) is 0 Å². The molecule has 0 radical (unpaired) electrons. The Morgan fingerprint density at radius 2 is 2.05 bits per heavy atom. The predicted molar refractivity (Wildman–Crippen MR) is 78.0 cm³/mol. The maximum atomic E-state index is 11.8. The average molecular weight is 264 g/mol. The van der Waals surface area contributed by atoms with Crippen LogP contribution in [0.15, 0.2) is 24.3 Å². The highest BCUT2D eigenvalue weighted by molar-refractivity contribution is 5.92. The van der Waals surface area contributed by atoms with Crippen LogP contribution in [0.3, 0.4) is 0 Å². The molecular formula is C15H24N2O2. The van der Waals surface area contributed by atoms with Gasteiger partial charge in [-0.05, 0) is 37.4 Å². The smallest absolute Gasteiger partial charge is 0.224 e. The molecule has 106 valence electrons. The lowest BCUT2D eigenvalue weighted by atomic mass is 9.94. The van der Waals surface area contributed by atoms with E-state index in [0.717, 1.165) is 25.7 Å². The lowest BCUT2D eigenvalue weighted by Crippen LogP contribution is -2.15. The number of phenols is 1. The Kier molecular flexibility index (Phi) is 6.97. The van der Waals surface area contributed by atoms with E-state index in [-0.39, 0.29) is 11.7 Å². The van der Waals surface area contributed by atoms with E-state index in [2.05, 4.69) is 12.2 Å². The van der Waals surface area contributed by atoms with Crippen molar-refractivity contribution in [3.63, 3.8) is 0 Å². The number of anilines is 1. The summed E-state index contributed by atoms with van der Waals surface area (Å²) < 4.78 is 0. The van der Waals surface area contributed by atoms with Gasteiger partial charge in [-0.25, -0.2) is 0 Å². The van der Waals surface area contributed by atoms with Crippen molar-refractivity contribution in [1.29, 1.82) is 0 Å². The van der Waals surface area contributed by atoms with E-state index in [1.54, 1.807) is 24.3 Å². The zero-order valence-corrected chi connectivity index (χ0v) is 11.6. The van der Waals surface area contributed by atoms with Crippen LogP contribution in [0.25, 0.3) is 0 Å². The number of phenolic OH excluding ortho intramolecular Hbond substituents is 1. The maximum absolute atomic E-state index is 11.8. The molecule has 4 N–H and O–H groups in total. The van der Waals surface area contributed by atoms with Crippen molar-refractivity contribution in [2.45, 2.75) is 39.0 Å². The first-order chi connectivity index (χ1) is 9.17. The second-order valence-electron chi connectivity index (χ2n) is 4.84. The summed E-state index contributed by atoms with van der Waals surface area (Å²) in [6.07, 6.45) is 4.52. The number of amides is 1. The fraction of sp³-hybridized carbons (Fsp3) is 0.533. The predicted octanol–water partition coefficient (Wildman–Crippen LogP) is 2.88. The van der Waals surface area contributed by atoms with Crippen molar-refractivity contribution in [2.75, 3.05) is 11.9 Å². The molecule has 0 heterocycles. The molecule has 0 aliphatic rings. The quantitative estimate of drug-likeness (QED) is 0.632. The van der Waals surface area contributed by atoms with Crippen molar-refractivity contribution >= 4 is 11.6 Å². The number of hydrogen-bond acceptors (Lipinski definition) is 3. The first-order valence-electron chi connectivity index (χ1n) is 6.95. The van der Waals surface area contributed by atoms with Gasteiger partial charge < -0.3 is 16.2 Å². The van der Waals surface area contributed by atoms with Crippen LogP contribution in [0.4, 0.5) is 5.69 Å². The van der Waals surface area contributed by atoms with Crippen molar-refractivity contribution in [3.05, 3.63) is 24.3 Å². The van der Waals surface area contributed by atoms with Crippen molar-refractivity contribution < 1.29 is 9.90 Å². The lowest BCUT2D eigenvalue weighted by Gasteiger charge is -2.14. The summed E-state index contributed by atoms with van der Waals surface area (Å²) in [6.45, 7) is 2.82. The molecule has 0 aliphatic carbocycles. The van der Waals surface area contributed by atoms with Gasteiger partial charge in [0.15, 0.2) is 0 Å². The molecule has 0 fully saturated rings. The summed E-state index contributed by atoms with van der Waals surface area (Å²) in [4.78, 5) is 11.8. The summed E-state index contributed by atoms with van der Waals surface area (Å²) in [5, 5.41) is 12.3. The van der Waals surface area contributed by atoms with E-state index in [9.17, 15) is 9.90 Å². The highest BCUT2D eigenvalue weighted by atomic mass is 16.3. The van der Waals surface area contributed by atoms with Crippen LogP contribution in [0.5, 0.6) is 5.75 Å². The first kappa shape index (κ1) is 15.5. The molecule has 1 aromatic rings. The highest BCUT2D eigenvalue weighted by Crippen LogP contribution is 2.22. The average Bonchev–Trinajstić information content (AvgIpc) is 2.39. The number of carbonyl (C=O) groups is 1. The van der Waals surface area contributed by atoms with Crippen LogP contribution < -0.4 is 11.1 Å². The molecule has 4 nitrogen and oxygen atoms in total. The summed E-state index contributed by atoms with van der Waals surface area (Å²) in [6, 6.07) is 6.76. The molecule has 0 aromatic heterocycles. The van der Waals surface area contributed by atoms with Crippen LogP contribution in [0.2, 0.25) is 0 Å². The van der Waals surface area contributed by atoms with Gasteiger partial charge >= 0.3 is 0 Å². The summed E-state index contributed by atoms with van der Waals surface area (Å²) >= 11 is 0. The number of aromatic hydroxyl groups is 1. The molecule has 0 bridgehead atoms. The molecule has 0 saturated heterocycles. The molecule has 1 aromatic carbocycles. The molecule has 4 heteroatoms. The second kappa shape index (κ2) is 8.53. The highest BCUT2D eigenvalue weighted by Gasteiger charge is 2.11. The van der Waals surface area contributed by atoms with Crippen LogP contribution in [0, 0.1) is 5.92 Å². The Labute approximate surface area is 115 Å². The third kappa shape index (κ3) is 5.75. The number of carbonyl (C=O) groups excluding carboxylic acids is 1. The van der Waals surface area contributed by atoms with E-state index in [0.29, 0.717) is 24.6 Å². The summed E-state index contributed by atoms with van der Waals surface area (Å²) in [5.74, 6) is 0.563. The molecule has 0 saturated carbocycles. The van der Waals surface area contributed by atoms with Gasteiger partial charge in [0.2, 0.25) is 5.91 Å². The topological polar surface area (TPSA) is 75.4 Å². The zero-order valence-electron chi connectivity index (χ0n) is 11.6. The van der Waals surface area contributed by atoms with E-state index in [1.807, 2.05) is 0 Å². The molecule has 1 amide bonds. The Balaban J connectivity index is 2.40. The number of para-hydroxylation sites is 2. The molecule has 0 spiro atoms. The zero-order chi connectivity index (χ0) is 14.1.